The van der Waals surface area contributed by atoms with Gasteiger partial charge in [-0.3, -0.25) is 76.7 Å². The standard InChI is InChI=1S/C94H118N16O19S/c1-9-10-32-76-94(129)110-42-23-22-33-75(110)88(123)103-71(50-82(116)117)84(119)98-57(4)90(125)108(7)77(47-59-26-16-12-17-27-59)89(124)104-72(46-62-36-40-65(112)41-37-62)91(126)106(5)53-80(114)99-70(49-63-51-96-67-31-21-20-30-66(63)67)87(122)102-69(44-61-34-38-64(111)39-35-61)86(121)101-68(43-56(2)3)85(120)105-74(83(118)97-52-79(95)113)54-130-55-81(115)100-73(45-58-24-14-11-15-25-58)92(127)109(8)78(93(128)107(76)6)48-60-28-18-13-19-29-60/h11-21,24-31,34-41,51,56-57,68-78,96,111-112H,9-10,22-23,32-33,42-50,52-55H2,1-8H3,(H2,95,113)(H,97,118)(H,98,119)(H,99,114)(H,100,115)(H,101,121)(H,102,122)(H,103,123)(H,104,124)(H,105,120)(H,116,117)/t57-,68-,69-,70-,71-,72-,73-,74-,75+,76-,77-,78-/m0/s1. The molecular formula is C94H118N16O19S. The molecule has 15 N–H and O–H groups in total. The van der Waals surface area contributed by atoms with Crippen LogP contribution in [0.25, 0.3) is 10.9 Å². The number of phenols is 2. The number of aromatic nitrogens is 1. The molecule has 694 valence electrons. The summed E-state index contributed by atoms with van der Waals surface area (Å²) in [7, 11) is 5.33. The Hall–Kier alpha value is -13.7. The number of aromatic amines is 1. The van der Waals surface area contributed by atoms with E-state index >= 15 is 33.6 Å². The van der Waals surface area contributed by atoms with Crippen LogP contribution in [0.3, 0.4) is 0 Å². The summed E-state index contributed by atoms with van der Waals surface area (Å²) < 4.78 is 0. The summed E-state index contributed by atoms with van der Waals surface area (Å²) in [5, 5.41) is 55.7. The van der Waals surface area contributed by atoms with E-state index in [4.69, 9.17) is 5.73 Å². The minimum Gasteiger partial charge on any atom is -0.508 e. The molecule has 36 heteroatoms. The van der Waals surface area contributed by atoms with E-state index in [2.05, 4.69) is 52.8 Å². The van der Waals surface area contributed by atoms with Crippen molar-refractivity contribution >= 4 is 117 Å². The minimum absolute atomic E-state index is 0.0199. The first-order valence-corrected chi connectivity index (χ1v) is 44.6. The Balaban J connectivity index is 1.11. The van der Waals surface area contributed by atoms with E-state index in [1.807, 2.05) is 6.92 Å². The van der Waals surface area contributed by atoms with Gasteiger partial charge in [-0.1, -0.05) is 167 Å². The van der Waals surface area contributed by atoms with Gasteiger partial charge in [0.25, 0.3) is 0 Å². The van der Waals surface area contributed by atoms with E-state index in [1.165, 1.54) is 98.3 Å². The summed E-state index contributed by atoms with van der Waals surface area (Å²) in [6.45, 7) is 5.15. The summed E-state index contributed by atoms with van der Waals surface area (Å²) in [4.78, 5) is 245. The number of para-hydroxylation sites is 1. The highest BCUT2D eigenvalue weighted by Crippen LogP contribution is 2.27. The number of carboxylic acids is 1. The van der Waals surface area contributed by atoms with Gasteiger partial charge < -0.3 is 98.4 Å². The molecule has 2 aliphatic rings. The average Bonchev–Trinajstić information content (AvgIpc) is 1.51. The van der Waals surface area contributed by atoms with Crippen LogP contribution in [0.4, 0.5) is 0 Å². The number of hydrogen-bond donors (Lipinski definition) is 14. The van der Waals surface area contributed by atoms with E-state index < -0.39 is 192 Å². The summed E-state index contributed by atoms with van der Waals surface area (Å²) in [5.41, 5.74) is 9.16. The Bertz CT molecular complexity index is 5130. The maximum Gasteiger partial charge on any atom is 0.305 e. The number of primary amides is 1. The Morgan fingerprint density at radius 1 is 0.492 bits per heavy atom. The van der Waals surface area contributed by atoms with Crippen LogP contribution >= 0.6 is 11.8 Å². The van der Waals surface area contributed by atoms with Gasteiger partial charge in [0.1, 0.15) is 84.0 Å². The highest BCUT2D eigenvalue weighted by molar-refractivity contribution is 8.00. The van der Waals surface area contributed by atoms with Crippen molar-refractivity contribution in [3.63, 3.8) is 0 Å². The molecule has 2 fully saturated rings. The highest BCUT2D eigenvalue weighted by Gasteiger charge is 2.44. The molecule has 35 nitrogen and oxygen atoms in total. The number of carbonyl (C=O) groups is 16. The van der Waals surface area contributed by atoms with Crippen LogP contribution in [0.2, 0.25) is 0 Å². The number of nitrogens with zero attached hydrogens (tertiary/aromatic N) is 5. The fourth-order valence-electron chi connectivity index (χ4n) is 15.8. The molecule has 0 saturated carbocycles. The zero-order chi connectivity index (χ0) is 94.4. The van der Waals surface area contributed by atoms with Gasteiger partial charge in [0.15, 0.2) is 0 Å². The zero-order valence-corrected chi connectivity index (χ0v) is 75.0. The lowest BCUT2D eigenvalue weighted by Crippen LogP contribution is -2.62. The van der Waals surface area contributed by atoms with Gasteiger partial charge in [-0.2, -0.15) is 0 Å². The Morgan fingerprint density at radius 2 is 0.977 bits per heavy atom. The van der Waals surface area contributed by atoms with Gasteiger partial charge in [-0.05, 0) is 109 Å². The maximum absolute atomic E-state index is 15.7. The van der Waals surface area contributed by atoms with E-state index in [-0.39, 0.29) is 87.5 Å². The smallest absolute Gasteiger partial charge is 0.305 e. The SMILES string of the molecule is CCCC[C@H]1C(=O)N2CCCC[C@@H]2C(=O)N[C@@H](CC(=O)O)C(=O)N[C@@H](C)C(=O)N(C)[C@@H](Cc2ccccc2)C(=O)N[C@@H](Cc2ccc(O)cc2)C(=O)N(C)CC(=O)N[C@@H](Cc2c[nH]c3ccccc23)C(=O)N[C@@H](Cc2ccc(O)cc2)C(=O)N[C@@H](CC(C)C)C(=O)N[C@H](C(=O)NCC(N)=O)CSCC(=O)N[C@@H](Cc2ccccc2)C(=O)N(C)[C@@H](Cc2ccccc2)C(=O)N1C. The van der Waals surface area contributed by atoms with Crippen LogP contribution in [-0.2, 0) is 115 Å². The molecule has 2 saturated heterocycles. The van der Waals surface area contributed by atoms with E-state index in [9.17, 15) is 58.5 Å². The van der Waals surface area contributed by atoms with E-state index in [0.717, 1.165) is 21.6 Å². The van der Waals surface area contributed by atoms with Gasteiger partial charge in [-0.15, -0.1) is 11.8 Å². The number of unbranched alkanes of at least 4 members (excludes halogenated alkanes) is 1. The number of phenolic OH excluding ortho intramolecular Hbond substituents is 2. The first kappa shape index (κ1) is 100. The molecule has 9 rings (SSSR count). The van der Waals surface area contributed by atoms with Crippen molar-refractivity contribution in [2.45, 2.75) is 190 Å². The normalized spacial score (nSPS) is 22.9. The number of nitrogens with one attached hydrogen (secondary N) is 10. The largest absolute Gasteiger partial charge is 0.508 e. The molecule has 0 radical (unpaired) electrons. The van der Waals surface area contributed by atoms with Crippen LogP contribution in [0.5, 0.6) is 11.5 Å². The number of carbonyl (C=O) groups excluding carboxylic acids is 15. The second-order valence-electron chi connectivity index (χ2n) is 33.4. The topological polar surface area (TPSA) is 500 Å². The number of nitrogens with two attached hydrogens (primary N) is 1. The van der Waals surface area contributed by atoms with Gasteiger partial charge in [0.05, 0.1) is 25.3 Å². The number of piperidine rings is 1. The number of fused-ring (bicyclic) bond motifs is 2. The van der Waals surface area contributed by atoms with Crippen LogP contribution in [-0.4, -0.2) is 271 Å². The predicted octanol–water partition coefficient (Wildman–Crippen LogP) is 2.61. The highest BCUT2D eigenvalue weighted by atomic mass is 32.2. The maximum atomic E-state index is 15.7. The first-order valence-electron chi connectivity index (χ1n) is 43.4. The number of aromatic hydroxyl groups is 2. The van der Waals surface area contributed by atoms with Crippen molar-refractivity contribution in [2.75, 3.05) is 59.3 Å². The number of amides is 15. The molecule has 0 aliphatic carbocycles. The van der Waals surface area contributed by atoms with Crippen LogP contribution < -0.4 is 53.6 Å². The van der Waals surface area contributed by atoms with E-state index in [1.54, 1.807) is 135 Å². The van der Waals surface area contributed by atoms with Gasteiger partial charge in [-0.25, -0.2) is 0 Å². The van der Waals surface area contributed by atoms with Crippen LogP contribution in [0, 0.1) is 5.92 Å². The first-order chi connectivity index (χ1) is 62.0. The Morgan fingerprint density at radius 3 is 1.55 bits per heavy atom. The molecule has 1 aromatic heterocycles. The van der Waals surface area contributed by atoms with Crippen molar-refractivity contribution in [1.29, 1.82) is 0 Å². The molecular weight excluding hydrogens is 1690 g/mol. The minimum atomic E-state index is -1.89. The van der Waals surface area contributed by atoms with Crippen molar-refractivity contribution in [2.24, 2.45) is 11.7 Å². The molecule has 7 aromatic rings. The van der Waals surface area contributed by atoms with E-state index in [0.29, 0.717) is 70.0 Å². The Labute approximate surface area is 758 Å². The third-order valence-electron chi connectivity index (χ3n) is 22.9. The number of thioether (sulfide) groups is 1. The average molecular weight is 1810 g/mol. The summed E-state index contributed by atoms with van der Waals surface area (Å²) in [6.07, 6.45) is 1.02. The number of rotatable bonds is 22. The Kier molecular flexibility index (Phi) is 37.3. The second-order valence-corrected chi connectivity index (χ2v) is 34.4. The lowest BCUT2D eigenvalue weighted by Gasteiger charge is -2.41. The van der Waals surface area contributed by atoms with Gasteiger partial charge >= 0.3 is 5.97 Å². The molecule has 6 aromatic carbocycles. The molecule has 0 bridgehead atoms. The number of likely N-dealkylation sites (N-methyl/N-ethyl adjacent to an activating group) is 4. The predicted molar refractivity (Wildman–Crippen MR) is 485 cm³/mol. The summed E-state index contributed by atoms with van der Waals surface area (Å²) in [5.74, 6) is -16.3. The molecule has 15 amide bonds. The quantitative estimate of drug-likeness (QED) is 0.0464. The lowest BCUT2D eigenvalue weighted by molar-refractivity contribution is -0.154. The summed E-state index contributed by atoms with van der Waals surface area (Å²) in [6, 6.07) is 26.1. The molecule has 2 aliphatic heterocycles. The number of carboxylic acid groups (broad SMARTS) is 1. The van der Waals surface area contributed by atoms with Crippen LogP contribution in [0.15, 0.2) is 170 Å². The van der Waals surface area contributed by atoms with Gasteiger partial charge in [0, 0.05) is 96.1 Å². The number of benzene rings is 6. The fourth-order valence-corrected chi connectivity index (χ4v) is 16.6. The van der Waals surface area contributed by atoms with Crippen molar-refractivity contribution < 1.29 is 92.0 Å². The third kappa shape index (κ3) is 29.2. The molecule has 3 heterocycles. The number of hydrogen-bond acceptors (Lipinski definition) is 19. The number of aliphatic carboxylic acids is 1. The summed E-state index contributed by atoms with van der Waals surface area (Å²) >= 11 is 0.836. The lowest BCUT2D eigenvalue weighted by atomic mass is 9.96. The zero-order valence-electron chi connectivity index (χ0n) is 74.2. The molecule has 12 atom stereocenters. The molecule has 130 heavy (non-hydrogen) atoms. The van der Waals surface area contributed by atoms with Crippen LogP contribution in [0.1, 0.15) is 112 Å². The van der Waals surface area contributed by atoms with Crippen molar-refractivity contribution in [3.05, 3.63) is 203 Å². The molecule has 0 spiro atoms. The second kappa shape index (κ2) is 48.5. The van der Waals surface area contributed by atoms with Crippen molar-refractivity contribution in [1.82, 2.24) is 77.3 Å². The number of H-pyrrole nitrogens is 1. The van der Waals surface area contributed by atoms with Gasteiger partial charge in [0.2, 0.25) is 88.6 Å². The van der Waals surface area contributed by atoms with Crippen molar-refractivity contribution in [3.8, 4) is 11.5 Å². The third-order valence-corrected chi connectivity index (χ3v) is 23.9. The monoisotopic (exact) mass is 1810 g/mol. The molecule has 0 unspecified atom stereocenters. The fraction of sp³-hybridized carbons (Fsp3) is 0.426.